The van der Waals surface area contributed by atoms with E-state index in [9.17, 15) is 9.59 Å². The minimum Gasteiger partial charge on any atom is -0.452 e. The van der Waals surface area contributed by atoms with Crippen molar-refractivity contribution < 1.29 is 23.8 Å². The van der Waals surface area contributed by atoms with Crippen LogP contribution >= 0.6 is 0 Å². The fraction of sp³-hybridized carbons (Fsp3) is 0.391. The molecular weight excluding hydrogens is 370 g/mol. The molecule has 2 aromatic carbocycles. The van der Waals surface area contributed by atoms with Gasteiger partial charge in [0.15, 0.2) is 18.1 Å². The van der Waals surface area contributed by atoms with Crippen LogP contribution in [0.5, 0.6) is 11.5 Å². The molecule has 1 amide bonds. The quantitative estimate of drug-likeness (QED) is 0.770. The molecule has 0 unspecified atom stereocenters. The third-order valence-corrected chi connectivity index (χ3v) is 5.37. The van der Waals surface area contributed by atoms with Crippen LogP contribution in [0.3, 0.4) is 0 Å². The second-order valence-corrected chi connectivity index (χ2v) is 7.78. The first-order valence-electron chi connectivity index (χ1n) is 10.0. The molecule has 6 nitrogen and oxygen atoms in total. The number of esters is 1. The summed E-state index contributed by atoms with van der Waals surface area (Å²) in [6.45, 7) is 3.44. The van der Waals surface area contributed by atoms with E-state index in [1.165, 1.54) is 6.42 Å². The largest absolute Gasteiger partial charge is 0.452 e. The zero-order valence-corrected chi connectivity index (χ0v) is 16.7. The maximum Gasteiger partial charge on any atom is 0.338 e. The van der Waals surface area contributed by atoms with E-state index >= 15 is 0 Å². The molecule has 2 aliphatic rings. The van der Waals surface area contributed by atoms with Crippen LogP contribution in [-0.2, 0) is 9.53 Å². The number of ether oxygens (including phenoxy) is 3. The van der Waals surface area contributed by atoms with Gasteiger partial charge in [0.1, 0.15) is 0 Å². The maximum absolute atomic E-state index is 12.2. The summed E-state index contributed by atoms with van der Waals surface area (Å²) < 4.78 is 17.3. The number of hydrogen-bond donors (Lipinski definition) is 1. The van der Waals surface area contributed by atoms with Crippen molar-refractivity contribution in [3.8, 4) is 11.5 Å². The Hall–Kier alpha value is -3.02. The Bertz CT molecular complexity index is 946. The van der Waals surface area contributed by atoms with Crippen molar-refractivity contribution in [3.05, 3.63) is 53.1 Å². The number of rotatable bonds is 4. The van der Waals surface area contributed by atoms with Crippen molar-refractivity contribution in [1.82, 2.24) is 0 Å². The highest BCUT2D eigenvalue weighted by molar-refractivity contribution is 5.96. The average Bonchev–Trinajstić information content (AvgIpc) is 3.03. The molecule has 6 heteroatoms. The van der Waals surface area contributed by atoms with Gasteiger partial charge in [0, 0.05) is 24.6 Å². The topological polar surface area (TPSA) is 73.9 Å². The Morgan fingerprint density at radius 1 is 1.00 bits per heavy atom. The highest BCUT2D eigenvalue weighted by atomic mass is 16.7. The number of benzene rings is 2. The first-order valence-corrected chi connectivity index (χ1v) is 10.0. The zero-order chi connectivity index (χ0) is 20.4. The third kappa shape index (κ3) is 4.21. The molecule has 29 heavy (non-hydrogen) atoms. The predicted octanol–water partition coefficient (Wildman–Crippen LogP) is 4.53. The molecule has 1 aliphatic heterocycles. The first-order chi connectivity index (χ1) is 13.9. The molecule has 0 saturated heterocycles. The van der Waals surface area contributed by atoms with Crippen LogP contribution in [-0.4, -0.2) is 24.3 Å². The smallest absolute Gasteiger partial charge is 0.338 e. The van der Waals surface area contributed by atoms with Gasteiger partial charge in [0.2, 0.25) is 0 Å². The van der Waals surface area contributed by atoms with Gasteiger partial charge in [0.05, 0.1) is 5.56 Å². The van der Waals surface area contributed by atoms with Crippen LogP contribution in [0.2, 0.25) is 0 Å². The van der Waals surface area contributed by atoms with Gasteiger partial charge in [-0.3, -0.25) is 4.79 Å². The number of carbonyl (C=O) groups excluding carboxylic acids is 2. The summed E-state index contributed by atoms with van der Waals surface area (Å²) in [5, 5.41) is 2.74. The molecule has 0 aromatic heterocycles. The molecule has 2 aromatic rings. The monoisotopic (exact) mass is 395 g/mol. The molecule has 1 aliphatic carbocycles. The van der Waals surface area contributed by atoms with Crippen molar-refractivity contribution in [1.29, 1.82) is 0 Å². The van der Waals surface area contributed by atoms with Gasteiger partial charge in [-0.2, -0.15) is 0 Å². The maximum atomic E-state index is 12.2. The molecular formula is C23H25NO5. The fourth-order valence-corrected chi connectivity index (χ4v) is 3.91. The number of hydrogen-bond acceptors (Lipinski definition) is 5. The molecule has 1 heterocycles. The van der Waals surface area contributed by atoms with E-state index in [0.29, 0.717) is 22.7 Å². The van der Waals surface area contributed by atoms with Crippen LogP contribution in [0.4, 0.5) is 5.69 Å². The van der Waals surface area contributed by atoms with Crippen LogP contribution in [0.15, 0.2) is 36.4 Å². The van der Waals surface area contributed by atoms with E-state index in [4.69, 9.17) is 14.2 Å². The molecule has 4 rings (SSSR count). The van der Waals surface area contributed by atoms with Crippen LogP contribution in [0, 0.1) is 13.8 Å². The lowest BCUT2D eigenvalue weighted by atomic mass is 9.94. The minimum absolute atomic E-state index is 0.357. The lowest BCUT2D eigenvalue weighted by Gasteiger charge is -2.31. The lowest BCUT2D eigenvalue weighted by Crippen LogP contribution is -2.40. The van der Waals surface area contributed by atoms with E-state index in [2.05, 4.69) is 5.32 Å². The van der Waals surface area contributed by atoms with Gasteiger partial charge >= 0.3 is 5.97 Å². The normalized spacial score (nSPS) is 16.5. The summed E-state index contributed by atoms with van der Waals surface area (Å²) in [7, 11) is 0. The zero-order valence-electron chi connectivity index (χ0n) is 16.7. The molecule has 1 fully saturated rings. The van der Waals surface area contributed by atoms with Gasteiger partial charge in [0.25, 0.3) is 11.7 Å². The van der Waals surface area contributed by atoms with Crippen molar-refractivity contribution in [2.45, 2.75) is 51.7 Å². The number of carbonyl (C=O) groups is 2. The van der Waals surface area contributed by atoms with Gasteiger partial charge in [-0.05, 0) is 50.5 Å². The number of amides is 1. The summed E-state index contributed by atoms with van der Waals surface area (Å²) in [6, 6.07) is 10.8. The SMILES string of the molecule is Cc1ccc(C(=O)OCC(=O)Nc2ccc3c(c2)OC2(CCCCC2)O3)c(C)c1. The van der Waals surface area contributed by atoms with E-state index < -0.39 is 17.7 Å². The van der Waals surface area contributed by atoms with Crippen molar-refractivity contribution in [3.63, 3.8) is 0 Å². The average molecular weight is 395 g/mol. The predicted molar refractivity (Wildman–Crippen MR) is 108 cm³/mol. The summed E-state index contributed by atoms with van der Waals surface area (Å²) in [5.74, 6) is -0.134. The van der Waals surface area contributed by atoms with Crippen LogP contribution in [0.1, 0.15) is 53.6 Å². The first kappa shape index (κ1) is 19.3. The van der Waals surface area contributed by atoms with Gasteiger partial charge in [-0.1, -0.05) is 24.1 Å². The van der Waals surface area contributed by atoms with E-state index in [-0.39, 0.29) is 6.61 Å². The minimum atomic E-state index is -0.551. The number of fused-ring (bicyclic) bond motifs is 1. The fourth-order valence-electron chi connectivity index (χ4n) is 3.91. The van der Waals surface area contributed by atoms with Gasteiger partial charge < -0.3 is 19.5 Å². The van der Waals surface area contributed by atoms with Gasteiger partial charge in [-0.25, -0.2) is 4.79 Å². The second kappa shape index (κ2) is 7.78. The van der Waals surface area contributed by atoms with E-state index in [1.807, 2.05) is 26.0 Å². The Kier molecular flexibility index (Phi) is 5.18. The van der Waals surface area contributed by atoms with E-state index in [1.54, 1.807) is 24.3 Å². The van der Waals surface area contributed by atoms with Gasteiger partial charge in [-0.15, -0.1) is 0 Å². The molecule has 1 saturated carbocycles. The Labute approximate surface area is 170 Å². The number of aryl methyl sites for hydroxylation is 2. The number of anilines is 1. The van der Waals surface area contributed by atoms with Crippen molar-refractivity contribution in [2.24, 2.45) is 0 Å². The molecule has 0 radical (unpaired) electrons. The Morgan fingerprint density at radius 2 is 1.76 bits per heavy atom. The second-order valence-electron chi connectivity index (χ2n) is 7.78. The standard InChI is InChI=1S/C23H25NO5/c1-15-6-8-18(16(2)12-15)22(26)27-14-21(25)24-17-7-9-19-20(13-17)29-23(28-19)10-4-3-5-11-23/h6-9,12-13H,3-5,10-11,14H2,1-2H3,(H,24,25). The lowest BCUT2D eigenvalue weighted by molar-refractivity contribution is -0.119. The van der Waals surface area contributed by atoms with Crippen LogP contribution in [0.25, 0.3) is 0 Å². The number of nitrogens with one attached hydrogen (secondary N) is 1. The molecule has 0 bridgehead atoms. The highest BCUT2D eigenvalue weighted by Gasteiger charge is 2.42. The summed E-state index contributed by atoms with van der Waals surface area (Å²) in [6.07, 6.45) is 5.12. The summed E-state index contributed by atoms with van der Waals surface area (Å²) in [5.41, 5.74) is 2.93. The molecule has 1 N–H and O–H groups in total. The highest BCUT2D eigenvalue weighted by Crippen LogP contribution is 2.46. The Balaban J connectivity index is 1.34. The molecule has 0 atom stereocenters. The summed E-state index contributed by atoms with van der Waals surface area (Å²) in [4.78, 5) is 24.4. The van der Waals surface area contributed by atoms with Crippen molar-refractivity contribution in [2.75, 3.05) is 11.9 Å². The molecule has 1 spiro atoms. The summed E-state index contributed by atoms with van der Waals surface area (Å²) >= 11 is 0. The van der Waals surface area contributed by atoms with Crippen molar-refractivity contribution >= 4 is 17.6 Å². The third-order valence-electron chi connectivity index (χ3n) is 5.37. The molecule has 152 valence electrons. The Morgan fingerprint density at radius 3 is 2.52 bits per heavy atom. The van der Waals surface area contributed by atoms with Crippen LogP contribution < -0.4 is 14.8 Å². The van der Waals surface area contributed by atoms with E-state index in [0.717, 1.165) is 36.8 Å².